The first-order valence-corrected chi connectivity index (χ1v) is 7.22. The normalized spacial score (nSPS) is 10.4. The third-order valence-electron chi connectivity index (χ3n) is 3.25. The summed E-state index contributed by atoms with van der Waals surface area (Å²) in [6, 6.07) is 6.47. The van der Waals surface area contributed by atoms with Crippen molar-refractivity contribution in [3.8, 4) is 5.75 Å². The van der Waals surface area contributed by atoms with Gasteiger partial charge in [-0.15, -0.1) is 0 Å². The lowest BCUT2D eigenvalue weighted by molar-refractivity contribution is -0.133. The fraction of sp³-hybridized carbons (Fsp3) is 0.500. The molecule has 0 aromatic heterocycles. The van der Waals surface area contributed by atoms with Crippen molar-refractivity contribution in [1.82, 2.24) is 9.80 Å². The van der Waals surface area contributed by atoms with Crippen molar-refractivity contribution in [2.45, 2.75) is 20.5 Å². The molecular formula is C16H24N2O4. The van der Waals surface area contributed by atoms with Crippen LogP contribution in [0.15, 0.2) is 24.3 Å². The lowest BCUT2D eigenvalue weighted by atomic mass is 10.2. The highest BCUT2D eigenvalue weighted by atomic mass is 16.6. The molecule has 0 spiro atoms. The topological polar surface area (TPSA) is 70.1 Å². The van der Waals surface area contributed by atoms with Gasteiger partial charge in [0, 0.05) is 33.1 Å². The van der Waals surface area contributed by atoms with E-state index in [9.17, 15) is 14.7 Å². The average Bonchev–Trinajstić information content (AvgIpc) is 2.50. The van der Waals surface area contributed by atoms with E-state index in [2.05, 4.69) is 0 Å². The molecule has 6 heteroatoms. The molecule has 1 N–H and O–H groups in total. The SMILES string of the molecule is CC(C)C(=O)N(C)CCN(C)C(=O)OCc1ccc(O)cc1. The molecule has 0 fully saturated rings. The number of nitrogens with zero attached hydrogens (tertiary/aromatic N) is 2. The van der Waals surface area contributed by atoms with Crippen LogP contribution in [0.2, 0.25) is 0 Å². The molecule has 22 heavy (non-hydrogen) atoms. The van der Waals surface area contributed by atoms with Crippen LogP contribution in [0, 0.1) is 5.92 Å². The van der Waals surface area contributed by atoms with Crippen LogP contribution in [0.4, 0.5) is 4.79 Å². The predicted octanol–water partition coefficient (Wildman–Crippen LogP) is 2.07. The Morgan fingerprint density at radius 3 is 2.18 bits per heavy atom. The van der Waals surface area contributed by atoms with Gasteiger partial charge in [-0.2, -0.15) is 0 Å². The third kappa shape index (κ3) is 5.63. The molecule has 0 atom stereocenters. The van der Waals surface area contributed by atoms with Crippen LogP contribution in [0.3, 0.4) is 0 Å². The standard InChI is InChI=1S/C16H24N2O4/c1-12(2)15(20)17(3)9-10-18(4)16(21)22-11-13-5-7-14(19)8-6-13/h5-8,12,19H,9-11H2,1-4H3. The van der Waals surface area contributed by atoms with Gasteiger partial charge in [0.15, 0.2) is 0 Å². The van der Waals surface area contributed by atoms with E-state index in [1.54, 1.807) is 43.3 Å². The van der Waals surface area contributed by atoms with Gasteiger partial charge < -0.3 is 19.6 Å². The molecule has 0 aliphatic heterocycles. The summed E-state index contributed by atoms with van der Waals surface area (Å²) in [5.74, 6) is 0.160. The molecule has 6 nitrogen and oxygen atoms in total. The van der Waals surface area contributed by atoms with Gasteiger partial charge in [0.1, 0.15) is 12.4 Å². The fourth-order valence-corrected chi connectivity index (χ4v) is 1.79. The van der Waals surface area contributed by atoms with Gasteiger partial charge >= 0.3 is 6.09 Å². The van der Waals surface area contributed by atoms with E-state index in [0.29, 0.717) is 13.1 Å². The number of carbonyl (C=O) groups excluding carboxylic acids is 2. The smallest absolute Gasteiger partial charge is 0.409 e. The Morgan fingerprint density at radius 1 is 1.09 bits per heavy atom. The van der Waals surface area contributed by atoms with Crippen LogP contribution < -0.4 is 0 Å². The number of amides is 2. The van der Waals surface area contributed by atoms with Crippen molar-refractivity contribution in [3.05, 3.63) is 29.8 Å². The molecule has 0 saturated heterocycles. The number of hydrogen-bond acceptors (Lipinski definition) is 4. The van der Waals surface area contributed by atoms with E-state index in [0.717, 1.165) is 5.56 Å². The first-order valence-electron chi connectivity index (χ1n) is 7.22. The molecule has 0 saturated carbocycles. The Hall–Kier alpha value is -2.24. The van der Waals surface area contributed by atoms with Gasteiger partial charge in [0.2, 0.25) is 5.91 Å². The number of phenolic OH excluding ortho intramolecular Hbond substituents is 1. The minimum atomic E-state index is -0.446. The maximum absolute atomic E-state index is 11.9. The predicted molar refractivity (Wildman–Crippen MR) is 83.4 cm³/mol. The summed E-state index contributed by atoms with van der Waals surface area (Å²) in [5, 5.41) is 9.18. The zero-order valence-electron chi connectivity index (χ0n) is 13.6. The minimum Gasteiger partial charge on any atom is -0.508 e. The van der Waals surface area contributed by atoms with Crippen molar-refractivity contribution in [2.75, 3.05) is 27.2 Å². The Bertz CT molecular complexity index is 499. The summed E-state index contributed by atoms with van der Waals surface area (Å²) >= 11 is 0. The number of carbonyl (C=O) groups is 2. The number of benzene rings is 1. The summed E-state index contributed by atoms with van der Waals surface area (Å²) in [6.45, 7) is 4.69. The van der Waals surface area contributed by atoms with Crippen LogP contribution in [0.25, 0.3) is 0 Å². The Kier molecular flexibility index (Phi) is 6.69. The van der Waals surface area contributed by atoms with E-state index >= 15 is 0 Å². The number of aromatic hydroxyl groups is 1. The lowest BCUT2D eigenvalue weighted by Crippen LogP contribution is -2.39. The van der Waals surface area contributed by atoms with Crippen LogP contribution in [0.5, 0.6) is 5.75 Å². The highest BCUT2D eigenvalue weighted by Crippen LogP contribution is 2.10. The monoisotopic (exact) mass is 308 g/mol. The molecule has 0 unspecified atom stereocenters. The van der Waals surface area contributed by atoms with Gasteiger partial charge in [-0.1, -0.05) is 26.0 Å². The lowest BCUT2D eigenvalue weighted by Gasteiger charge is -2.23. The van der Waals surface area contributed by atoms with Gasteiger partial charge in [0.05, 0.1) is 0 Å². The van der Waals surface area contributed by atoms with Crippen LogP contribution in [-0.4, -0.2) is 54.1 Å². The van der Waals surface area contributed by atoms with Crippen molar-refractivity contribution < 1.29 is 19.4 Å². The van der Waals surface area contributed by atoms with Gasteiger partial charge in [-0.3, -0.25) is 4.79 Å². The molecule has 122 valence electrons. The molecule has 0 radical (unpaired) electrons. The second-order valence-electron chi connectivity index (χ2n) is 5.56. The Labute approximate surface area is 131 Å². The van der Waals surface area contributed by atoms with Gasteiger partial charge in [-0.25, -0.2) is 4.79 Å². The molecule has 1 aromatic rings. The zero-order chi connectivity index (χ0) is 16.7. The number of phenols is 1. The maximum atomic E-state index is 11.9. The minimum absolute atomic E-state index is 0.0471. The summed E-state index contributed by atoms with van der Waals surface area (Å²) in [7, 11) is 3.35. The first-order chi connectivity index (χ1) is 10.3. The number of hydrogen-bond donors (Lipinski definition) is 1. The molecule has 1 aromatic carbocycles. The van der Waals surface area contributed by atoms with Crippen LogP contribution in [-0.2, 0) is 16.1 Å². The van der Waals surface area contributed by atoms with Crippen LogP contribution in [0.1, 0.15) is 19.4 Å². The summed E-state index contributed by atoms with van der Waals surface area (Å²) < 4.78 is 5.17. The molecule has 1 rings (SSSR count). The second kappa shape index (κ2) is 8.26. The number of ether oxygens (including phenoxy) is 1. The number of rotatable bonds is 6. The van der Waals surface area contributed by atoms with Gasteiger partial charge in [0.25, 0.3) is 0 Å². The quantitative estimate of drug-likeness (QED) is 0.873. The van der Waals surface area contributed by atoms with E-state index in [1.165, 1.54) is 4.90 Å². The second-order valence-corrected chi connectivity index (χ2v) is 5.56. The average molecular weight is 308 g/mol. The summed E-state index contributed by atoms with van der Waals surface area (Å²) in [6.07, 6.45) is -0.446. The van der Waals surface area contributed by atoms with E-state index < -0.39 is 6.09 Å². The van der Waals surface area contributed by atoms with E-state index in [1.807, 2.05) is 13.8 Å². The molecular weight excluding hydrogens is 284 g/mol. The van der Waals surface area contributed by atoms with Crippen molar-refractivity contribution >= 4 is 12.0 Å². The molecule has 2 amide bonds. The molecule has 0 bridgehead atoms. The van der Waals surface area contributed by atoms with Crippen molar-refractivity contribution in [1.29, 1.82) is 0 Å². The summed E-state index contributed by atoms with van der Waals surface area (Å²) in [4.78, 5) is 26.6. The third-order valence-corrected chi connectivity index (χ3v) is 3.25. The Morgan fingerprint density at radius 2 is 1.64 bits per heavy atom. The Balaban J connectivity index is 2.36. The highest BCUT2D eigenvalue weighted by Gasteiger charge is 2.15. The van der Waals surface area contributed by atoms with Crippen molar-refractivity contribution in [2.24, 2.45) is 5.92 Å². The summed E-state index contributed by atoms with van der Waals surface area (Å²) in [5.41, 5.74) is 0.798. The zero-order valence-corrected chi connectivity index (χ0v) is 13.6. The highest BCUT2D eigenvalue weighted by molar-refractivity contribution is 5.77. The molecule has 0 aliphatic rings. The van der Waals surface area contributed by atoms with Gasteiger partial charge in [-0.05, 0) is 17.7 Å². The first kappa shape index (κ1) is 17.8. The fourth-order valence-electron chi connectivity index (χ4n) is 1.79. The molecule has 0 heterocycles. The largest absolute Gasteiger partial charge is 0.508 e. The number of likely N-dealkylation sites (N-methyl/N-ethyl adjacent to an activating group) is 2. The van der Waals surface area contributed by atoms with E-state index in [4.69, 9.17) is 4.74 Å². The maximum Gasteiger partial charge on any atom is 0.409 e. The van der Waals surface area contributed by atoms with E-state index in [-0.39, 0.29) is 24.2 Å². The van der Waals surface area contributed by atoms with Crippen LogP contribution >= 0.6 is 0 Å². The molecule has 0 aliphatic carbocycles. The van der Waals surface area contributed by atoms with Crippen molar-refractivity contribution in [3.63, 3.8) is 0 Å².